The number of esters is 2. The molecule has 0 spiro atoms. The Morgan fingerprint density at radius 3 is 2.44 bits per heavy atom. The largest absolute Gasteiger partial charge is 0.465 e. The van der Waals surface area contributed by atoms with Gasteiger partial charge >= 0.3 is 11.9 Å². The summed E-state index contributed by atoms with van der Waals surface area (Å²) in [5.74, 6) is -1.53. The van der Waals surface area contributed by atoms with Gasteiger partial charge in [0.25, 0.3) is 0 Å². The zero-order chi connectivity index (χ0) is 20.2. The van der Waals surface area contributed by atoms with Gasteiger partial charge in [0.05, 0.1) is 15.6 Å². The molecular weight excluding hydrogens is 482 g/mol. The molecule has 0 aliphatic carbocycles. The third-order valence-corrected chi connectivity index (χ3v) is 5.61. The van der Waals surface area contributed by atoms with E-state index >= 15 is 0 Å². The molecule has 148 valence electrons. The van der Waals surface area contributed by atoms with Gasteiger partial charge in [0.1, 0.15) is 0 Å². The molecule has 0 bridgehead atoms. The predicted octanol–water partition coefficient (Wildman–Crippen LogP) is 3.51. The first kappa shape index (κ1) is 22.0. The van der Waals surface area contributed by atoms with Gasteiger partial charge in [-0.1, -0.05) is 19.8 Å². The fraction of sp³-hybridized carbons (Fsp3) is 0.579. The number of Topliss-reactive ketones (excluding diaryl/α,β-unsaturated/α-hetero) is 1. The molecule has 6 nitrogen and oxygen atoms in total. The molecule has 0 saturated carbocycles. The average Bonchev–Trinajstić information content (AvgIpc) is 2.85. The first-order valence-electron chi connectivity index (χ1n) is 8.96. The number of halogens is 2. The Kier molecular flexibility index (Phi) is 7.19. The number of ketones is 1. The minimum Gasteiger partial charge on any atom is -0.465 e. The lowest BCUT2D eigenvalue weighted by Gasteiger charge is -2.23. The van der Waals surface area contributed by atoms with Gasteiger partial charge < -0.3 is 9.47 Å². The quantitative estimate of drug-likeness (QED) is 0.307. The fourth-order valence-electron chi connectivity index (χ4n) is 3.32. The van der Waals surface area contributed by atoms with Crippen LogP contribution >= 0.6 is 31.9 Å². The molecule has 2 rings (SSSR count). The summed E-state index contributed by atoms with van der Waals surface area (Å²) in [6.45, 7) is 5.44. The van der Waals surface area contributed by atoms with Crippen LogP contribution in [0.25, 0.3) is 0 Å². The molecule has 0 amide bonds. The van der Waals surface area contributed by atoms with Crippen molar-refractivity contribution < 1.29 is 28.4 Å². The van der Waals surface area contributed by atoms with E-state index in [1.54, 1.807) is 30.8 Å². The number of rotatable bonds is 8. The van der Waals surface area contributed by atoms with E-state index in [0.717, 1.165) is 15.4 Å². The van der Waals surface area contributed by atoms with Crippen LogP contribution in [0.2, 0.25) is 0 Å². The van der Waals surface area contributed by atoms with Crippen LogP contribution in [0.15, 0.2) is 27.4 Å². The number of carbonyl (C=O) groups is 3. The lowest BCUT2D eigenvalue weighted by atomic mass is 9.76. The van der Waals surface area contributed by atoms with Gasteiger partial charge in [0.2, 0.25) is 12.3 Å². The van der Waals surface area contributed by atoms with Crippen LogP contribution in [-0.2, 0) is 30.4 Å². The van der Waals surface area contributed by atoms with Crippen molar-refractivity contribution in [3.8, 4) is 0 Å². The van der Waals surface area contributed by atoms with E-state index in [2.05, 4.69) is 31.9 Å². The van der Waals surface area contributed by atoms with Crippen molar-refractivity contribution in [2.75, 3.05) is 6.61 Å². The second-order valence-corrected chi connectivity index (χ2v) is 8.80. The summed E-state index contributed by atoms with van der Waals surface area (Å²) in [7, 11) is 0. The van der Waals surface area contributed by atoms with Crippen LogP contribution < -0.4 is 4.57 Å². The first-order chi connectivity index (χ1) is 12.7. The van der Waals surface area contributed by atoms with E-state index in [1.165, 1.54) is 0 Å². The predicted molar refractivity (Wildman–Crippen MR) is 105 cm³/mol. The molecule has 2 heterocycles. The molecule has 0 unspecified atom stereocenters. The van der Waals surface area contributed by atoms with Crippen LogP contribution in [0.4, 0.5) is 0 Å². The van der Waals surface area contributed by atoms with E-state index in [-0.39, 0.29) is 25.4 Å². The number of hydrogen-bond acceptors (Lipinski definition) is 5. The Morgan fingerprint density at radius 2 is 1.89 bits per heavy atom. The Morgan fingerprint density at radius 1 is 1.26 bits per heavy atom. The highest BCUT2D eigenvalue weighted by molar-refractivity contribution is 9.11. The molecule has 1 aromatic heterocycles. The number of carbonyl (C=O) groups excluding carboxylic acids is 3. The monoisotopic (exact) mass is 504 g/mol. The van der Waals surface area contributed by atoms with Crippen molar-refractivity contribution in [3.05, 3.63) is 27.4 Å². The zero-order valence-corrected chi connectivity index (χ0v) is 18.9. The van der Waals surface area contributed by atoms with Crippen molar-refractivity contribution >= 4 is 49.6 Å². The van der Waals surface area contributed by atoms with Gasteiger partial charge in [-0.2, -0.15) is 4.57 Å². The van der Waals surface area contributed by atoms with Gasteiger partial charge in [-0.15, -0.1) is 0 Å². The van der Waals surface area contributed by atoms with E-state index in [9.17, 15) is 14.4 Å². The molecule has 1 aliphatic heterocycles. The minimum atomic E-state index is -1.40. The number of nitrogens with zero attached hydrogens (tertiary/aromatic N) is 1. The third-order valence-electron chi connectivity index (χ3n) is 4.74. The van der Waals surface area contributed by atoms with E-state index in [0.29, 0.717) is 12.8 Å². The highest BCUT2D eigenvalue weighted by Crippen LogP contribution is 2.45. The highest BCUT2D eigenvalue weighted by Gasteiger charge is 2.62. The first-order valence-corrected chi connectivity index (χ1v) is 10.5. The number of cyclic esters (lactones) is 1. The molecule has 1 saturated heterocycles. The van der Waals surface area contributed by atoms with E-state index in [1.807, 2.05) is 13.0 Å². The Balaban J connectivity index is 2.27. The van der Waals surface area contributed by atoms with Gasteiger partial charge in [0, 0.05) is 6.42 Å². The second-order valence-electron chi connectivity index (χ2n) is 6.97. The van der Waals surface area contributed by atoms with E-state index < -0.39 is 23.0 Å². The summed E-state index contributed by atoms with van der Waals surface area (Å²) >= 11 is 6.77. The molecule has 0 radical (unpaired) electrons. The molecule has 0 aromatic carbocycles. The van der Waals surface area contributed by atoms with Crippen molar-refractivity contribution in [1.29, 1.82) is 0 Å². The van der Waals surface area contributed by atoms with Gasteiger partial charge in [-0.3, -0.25) is 14.4 Å². The maximum atomic E-state index is 13.0. The lowest BCUT2D eigenvalue weighted by Crippen LogP contribution is -2.47. The third kappa shape index (κ3) is 4.77. The number of ether oxygens (including phenoxy) is 2. The molecule has 2 atom stereocenters. The van der Waals surface area contributed by atoms with Crippen molar-refractivity contribution in [2.24, 2.45) is 5.41 Å². The normalized spacial score (nSPS) is 24.6. The number of pyridine rings is 1. The molecule has 1 aliphatic rings. The Labute approximate surface area is 175 Å². The molecule has 0 N–H and O–H groups in total. The summed E-state index contributed by atoms with van der Waals surface area (Å²) < 4.78 is 14.0. The van der Waals surface area contributed by atoms with Crippen LogP contribution in [0.5, 0.6) is 0 Å². The maximum absolute atomic E-state index is 13.0. The summed E-state index contributed by atoms with van der Waals surface area (Å²) in [5, 5.41) is 0. The molecule has 8 heteroatoms. The van der Waals surface area contributed by atoms with Crippen molar-refractivity contribution in [1.82, 2.24) is 0 Å². The number of aromatic nitrogens is 1. The second kappa shape index (κ2) is 8.82. The Hall–Kier alpha value is -1.28. The summed E-state index contributed by atoms with van der Waals surface area (Å²) in [6.07, 6.45) is 5.34. The molecule has 1 aromatic rings. The number of unbranched alkanes of at least 4 members (excludes halogenated alkanes) is 1. The van der Waals surface area contributed by atoms with E-state index in [4.69, 9.17) is 9.47 Å². The topological polar surface area (TPSA) is 73.6 Å². The fourth-order valence-corrected chi connectivity index (χ4v) is 4.65. The van der Waals surface area contributed by atoms with Crippen molar-refractivity contribution in [3.63, 3.8) is 0 Å². The van der Waals surface area contributed by atoms with Crippen molar-refractivity contribution in [2.45, 2.75) is 58.6 Å². The maximum Gasteiger partial charge on any atom is 0.324 e. The standard InChI is InChI=1S/C19H24Br2NO5/c1-4-6-7-19(16(24)26-5-2)12-18(3,27-17(19)25)15(23)11-22-9-13(20)8-14(21)10-22/h8-10H,4-7,11-12H2,1-3H3/q+1/t18-,19+/m0/s1. The average molecular weight is 506 g/mol. The van der Waals surface area contributed by atoms with Crippen LogP contribution in [-0.4, -0.2) is 29.9 Å². The SMILES string of the molecule is CCCC[C@]1(C(=O)OCC)C[C@@](C)(C(=O)C[n+]2cc(Br)cc(Br)c2)OC1=O. The zero-order valence-electron chi connectivity index (χ0n) is 15.7. The van der Waals surface area contributed by atoms with Crippen LogP contribution in [0.3, 0.4) is 0 Å². The summed E-state index contributed by atoms with van der Waals surface area (Å²) in [4.78, 5) is 38.3. The van der Waals surface area contributed by atoms with Gasteiger partial charge in [0.15, 0.2) is 23.4 Å². The smallest absolute Gasteiger partial charge is 0.324 e. The highest BCUT2D eigenvalue weighted by atomic mass is 79.9. The number of hydrogen-bond donors (Lipinski definition) is 0. The Bertz CT molecular complexity index is 733. The van der Waals surface area contributed by atoms with Crippen LogP contribution in [0.1, 0.15) is 46.5 Å². The molecule has 27 heavy (non-hydrogen) atoms. The minimum absolute atomic E-state index is 0.00618. The molecule has 1 fully saturated rings. The van der Waals surface area contributed by atoms with Crippen LogP contribution in [0, 0.1) is 5.41 Å². The summed E-state index contributed by atoms with van der Waals surface area (Å²) in [6, 6.07) is 1.86. The summed E-state index contributed by atoms with van der Waals surface area (Å²) in [5.41, 5.74) is -2.77. The van der Waals surface area contributed by atoms with Gasteiger partial charge in [-0.25, -0.2) is 0 Å². The van der Waals surface area contributed by atoms with Gasteiger partial charge in [-0.05, 0) is 58.2 Å². The lowest BCUT2D eigenvalue weighted by molar-refractivity contribution is -0.685. The molecular formula is C19H24Br2NO5+.